The predicted octanol–water partition coefficient (Wildman–Crippen LogP) is 2.44. The summed E-state index contributed by atoms with van der Waals surface area (Å²) in [7, 11) is 0. The molecule has 2 heterocycles. The van der Waals surface area contributed by atoms with Crippen LogP contribution in [0.5, 0.6) is 0 Å². The summed E-state index contributed by atoms with van der Waals surface area (Å²) in [5.74, 6) is -0.158. The van der Waals surface area contributed by atoms with E-state index in [1.807, 2.05) is 0 Å². The molecule has 3 rings (SSSR count). The molecule has 1 aromatic rings. The highest BCUT2D eigenvalue weighted by atomic mass is 32.1. The number of hydrogen-bond donors (Lipinski definition) is 1. The van der Waals surface area contributed by atoms with Crippen molar-refractivity contribution >= 4 is 17.3 Å². The van der Waals surface area contributed by atoms with Gasteiger partial charge in [-0.25, -0.2) is 4.98 Å². The Bertz CT molecular complexity index is 447. The molecule has 0 aromatic carbocycles. The van der Waals surface area contributed by atoms with Gasteiger partial charge >= 0.3 is 5.97 Å². The van der Waals surface area contributed by atoms with Gasteiger partial charge in [-0.3, -0.25) is 4.79 Å². The van der Waals surface area contributed by atoms with Gasteiger partial charge in [-0.15, -0.1) is 11.3 Å². The monoisotopic (exact) mass is 267 g/mol. The second-order valence-corrected chi connectivity index (χ2v) is 6.26. The highest BCUT2D eigenvalue weighted by Gasteiger charge is 2.50. The van der Waals surface area contributed by atoms with Gasteiger partial charge in [0.25, 0.3) is 0 Å². The van der Waals surface area contributed by atoms with Crippen LogP contribution in [0.4, 0.5) is 0 Å². The molecule has 2 fully saturated rings. The molecule has 0 radical (unpaired) electrons. The second kappa shape index (κ2) is 4.63. The molecule has 1 N–H and O–H groups in total. The highest BCUT2D eigenvalue weighted by molar-refractivity contribution is 7.09. The lowest BCUT2D eigenvalue weighted by Gasteiger charge is -2.20. The van der Waals surface area contributed by atoms with Gasteiger partial charge in [0.15, 0.2) is 0 Å². The van der Waals surface area contributed by atoms with Crippen molar-refractivity contribution < 1.29 is 14.6 Å². The van der Waals surface area contributed by atoms with Crippen LogP contribution in [0.2, 0.25) is 0 Å². The number of aliphatic carboxylic acids is 1. The molecule has 0 unspecified atom stereocenters. The van der Waals surface area contributed by atoms with Crippen LogP contribution in [-0.4, -0.2) is 29.3 Å². The smallest absolute Gasteiger partial charge is 0.310 e. The van der Waals surface area contributed by atoms with E-state index in [-0.39, 0.29) is 0 Å². The van der Waals surface area contributed by atoms with Crippen molar-refractivity contribution in [3.05, 3.63) is 16.1 Å². The van der Waals surface area contributed by atoms with Crippen LogP contribution in [0.3, 0.4) is 0 Å². The lowest BCUT2D eigenvalue weighted by Crippen LogP contribution is -2.18. The largest absolute Gasteiger partial charge is 0.481 e. The normalized spacial score (nSPS) is 22.9. The number of carboxylic acid groups (broad SMARTS) is 1. The number of aromatic nitrogens is 1. The van der Waals surface area contributed by atoms with E-state index in [2.05, 4.69) is 10.4 Å². The van der Waals surface area contributed by atoms with Crippen LogP contribution < -0.4 is 0 Å². The fourth-order valence-corrected chi connectivity index (χ4v) is 3.51. The van der Waals surface area contributed by atoms with E-state index in [4.69, 9.17) is 4.74 Å². The van der Waals surface area contributed by atoms with Crippen molar-refractivity contribution in [2.45, 2.75) is 38.0 Å². The Labute approximate surface area is 110 Å². The lowest BCUT2D eigenvalue weighted by molar-refractivity contribution is -0.143. The number of ether oxygens (including phenoxy) is 1. The van der Waals surface area contributed by atoms with Crippen molar-refractivity contribution in [3.8, 4) is 0 Å². The van der Waals surface area contributed by atoms with Gasteiger partial charge in [-0.2, -0.15) is 0 Å². The average molecular weight is 267 g/mol. The summed E-state index contributed by atoms with van der Waals surface area (Å²) in [5.41, 5.74) is 0.643. The number of thiazole rings is 1. The third kappa shape index (κ3) is 2.29. The topological polar surface area (TPSA) is 59.4 Å². The molecule has 5 heteroatoms. The molecule has 0 bridgehead atoms. The third-order valence-electron chi connectivity index (χ3n) is 4.01. The number of nitrogens with zero attached hydrogens (tertiary/aromatic N) is 1. The van der Waals surface area contributed by atoms with E-state index in [1.54, 1.807) is 11.3 Å². The second-order valence-electron chi connectivity index (χ2n) is 5.32. The molecule has 1 saturated carbocycles. The van der Waals surface area contributed by atoms with Gasteiger partial charge in [-0.1, -0.05) is 0 Å². The Kier molecular flexibility index (Phi) is 3.11. The van der Waals surface area contributed by atoms with Crippen molar-refractivity contribution in [1.82, 2.24) is 4.98 Å². The first-order chi connectivity index (χ1) is 8.70. The maximum absolute atomic E-state index is 11.2. The molecule has 1 aliphatic heterocycles. The molecule has 0 amide bonds. The van der Waals surface area contributed by atoms with E-state index in [0.717, 1.165) is 49.6 Å². The van der Waals surface area contributed by atoms with E-state index < -0.39 is 11.4 Å². The number of carboxylic acids is 1. The first kappa shape index (κ1) is 12.1. The molecular weight excluding hydrogens is 250 g/mol. The minimum absolute atomic E-state index is 0.495. The van der Waals surface area contributed by atoms with E-state index in [0.29, 0.717) is 12.3 Å². The first-order valence-electron chi connectivity index (χ1n) is 6.45. The fourth-order valence-electron chi connectivity index (χ4n) is 2.49. The van der Waals surface area contributed by atoms with Gasteiger partial charge in [0, 0.05) is 30.9 Å². The molecule has 98 valence electrons. The predicted molar refractivity (Wildman–Crippen MR) is 67.9 cm³/mol. The van der Waals surface area contributed by atoms with Crippen molar-refractivity contribution in [2.75, 3.05) is 13.2 Å². The molecule has 2 aliphatic rings. The zero-order valence-corrected chi connectivity index (χ0v) is 11.0. The van der Waals surface area contributed by atoms with Gasteiger partial charge in [-0.05, 0) is 25.7 Å². The average Bonchev–Trinajstić information content (AvgIpc) is 3.01. The molecule has 4 nitrogen and oxygen atoms in total. The summed E-state index contributed by atoms with van der Waals surface area (Å²) in [5, 5.41) is 12.3. The Balaban J connectivity index is 1.68. The number of rotatable bonds is 4. The van der Waals surface area contributed by atoms with Crippen LogP contribution in [-0.2, 0) is 16.0 Å². The Morgan fingerprint density at radius 2 is 2.22 bits per heavy atom. The zero-order valence-electron chi connectivity index (χ0n) is 10.2. The molecule has 0 atom stereocenters. The maximum Gasteiger partial charge on any atom is 0.310 e. The summed E-state index contributed by atoms with van der Waals surface area (Å²) >= 11 is 1.61. The first-order valence-corrected chi connectivity index (χ1v) is 7.33. The number of hydrogen-bond acceptors (Lipinski definition) is 4. The maximum atomic E-state index is 11.2. The van der Waals surface area contributed by atoms with Crippen LogP contribution in [0.15, 0.2) is 5.38 Å². The van der Waals surface area contributed by atoms with Gasteiger partial charge in [0.1, 0.15) is 0 Å². The summed E-state index contributed by atoms with van der Waals surface area (Å²) in [6, 6.07) is 0. The SMILES string of the molecule is O=C(O)C1(Cc2nc(C3CCOCC3)cs2)CC1. The molecule has 1 saturated heterocycles. The summed E-state index contributed by atoms with van der Waals surface area (Å²) in [6.07, 6.45) is 4.28. The van der Waals surface area contributed by atoms with Crippen LogP contribution in [0.25, 0.3) is 0 Å². The van der Waals surface area contributed by atoms with Gasteiger partial charge in [0.2, 0.25) is 0 Å². The molecule has 0 spiro atoms. The standard InChI is InChI=1S/C13H17NO3S/c15-12(16)13(3-4-13)7-11-14-10(8-18-11)9-1-5-17-6-2-9/h8-9H,1-7H2,(H,15,16). The summed E-state index contributed by atoms with van der Waals surface area (Å²) in [6.45, 7) is 1.63. The summed E-state index contributed by atoms with van der Waals surface area (Å²) in [4.78, 5) is 15.8. The van der Waals surface area contributed by atoms with E-state index in [9.17, 15) is 9.90 Å². The molecule has 1 aromatic heterocycles. The van der Waals surface area contributed by atoms with Crippen LogP contribution in [0, 0.1) is 5.41 Å². The minimum atomic E-state index is -0.662. The fraction of sp³-hybridized carbons (Fsp3) is 0.692. The summed E-state index contributed by atoms with van der Waals surface area (Å²) < 4.78 is 5.35. The number of carbonyl (C=O) groups is 1. The lowest BCUT2D eigenvalue weighted by atomic mass is 9.97. The zero-order chi connectivity index (χ0) is 12.6. The molecule has 1 aliphatic carbocycles. The highest BCUT2D eigenvalue weighted by Crippen LogP contribution is 2.49. The van der Waals surface area contributed by atoms with Crippen LogP contribution in [0.1, 0.15) is 42.3 Å². The third-order valence-corrected chi connectivity index (χ3v) is 4.87. The van der Waals surface area contributed by atoms with Crippen molar-refractivity contribution in [2.24, 2.45) is 5.41 Å². The van der Waals surface area contributed by atoms with Crippen molar-refractivity contribution in [1.29, 1.82) is 0 Å². The van der Waals surface area contributed by atoms with Crippen LogP contribution >= 0.6 is 11.3 Å². The Hall–Kier alpha value is -0.940. The molecule has 18 heavy (non-hydrogen) atoms. The molecular formula is C13H17NO3S. The minimum Gasteiger partial charge on any atom is -0.481 e. The Morgan fingerprint density at radius 1 is 1.50 bits per heavy atom. The Morgan fingerprint density at radius 3 is 2.83 bits per heavy atom. The van der Waals surface area contributed by atoms with Gasteiger partial charge < -0.3 is 9.84 Å². The van der Waals surface area contributed by atoms with Gasteiger partial charge in [0.05, 0.1) is 16.1 Å². The van der Waals surface area contributed by atoms with E-state index in [1.165, 1.54) is 0 Å². The van der Waals surface area contributed by atoms with Crippen molar-refractivity contribution in [3.63, 3.8) is 0 Å². The van der Waals surface area contributed by atoms with E-state index >= 15 is 0 Å². The quantitative estimate of drug-likeness (QED) is 0.910.